The molecular weight excluding hydrogens is 414 g/mol. The first kappa shape index (κ1) is 22.3. The Morgan fingerprint density at radius 3 is 2.29 bits per heavy atom. The molecule has 2 N–H and O–H groups in total. The second-order valence-electron chi connectivity index (χ2n) is 7.42. The summed E-state index contributed by atoms with van der Waals surface area (Å²) in [4.78, 5) is 11.6. The summed E-state index contributed by atoms with van der Waals surface area (Å²) in [5.74, 6) is 0.147. The second kappa shape index (κ2) is 8.77. The van der Waals surface area contributed by atoms with Crippen molar-refractivity contribution in [3.63, 3.8) is 0 Å². The molecule has 8 heteroatoms. The Bertz CT molecular complexity index is 1250. The maximum Gasteiger partial charge on any atom is 0.262 e. The summed E-state index contributed by atoms with van der Waals surface area (Å²) < 4.78 is 34.2. The van der Waals surface area contributed by atoms with Gasteiger partial charge in [0.1, 0.15) is 11.4 Å². The van der Waals surface area contributed by atoms with E-state index in [-0.39, 0.29) is 10.8 Å². The predicted molar refractivity (Wildman–Crippen MR) is 122 cm³/mol. The Hall–Kier alpha value is -3.39. The summed E-state index contributed by atoms with van der Waals surface area (Å²) in [5, 5.41) is 6.56. The number of anilines is 2. The number of amides is 1. The van der Waals surface area contributed by atoms with E-state index in [9.17, 15) is 13.2 Å². The molecule has 0 unspecified atom stereocenters. The first-order chi connectivity index (χ1) is 14.6. The first-order valence-electron chi connectivity index (χ1n) is 9.70. The summed E-state index contributed by atoms with van der Waals surface area (Å²) in [7, 11) is -3.79. The van der Waals surface area contributed by atoms with E-state index in [4.69, 9.17) is 4.52 Å². The molecule has 162 valence electrons. The molecule has 1 heterocycles. The van der Waals surface area contributed by atoms with Crippen molar-refractivity contribution in [1.82, 2.24) is 5.16 Å². The number of aryl methyl sites for hydroxylation is 4. The summed E-state index contributed by atoms with van der Waals surface area (Å²) in [6.07, 6.45) is 3.36. The van der Waals surface area contributed by atoms with Crippen LogP contribution >= 0.6 is 0 Å². The smallest absolute Gasteiger partial charge is 0.262 e. The van der Waals surface area contributed by atoms with Crippen LogP contribution in [0.5, 0.6) is 0 Å². The predicted octanol–water partition coefficient (Wildman–Crippen LogP) is 4.84. The molecular formula is C23H25N3O4S. The molecule has 0 aliphatic heterocycles. The van der Waals surface area contributed by atoms with Crippen LogP contribution in [0.1, 0.15) is 40.6 Å². The van der Waals surface area contributed by atoms with E-state index in [1.807, 2.05) is 38.1 Å². The second-order valence-corrected chi connectivity index (χ2v) is 9.07. The molecule has 0 fully saturated rings. The van der Waals surface area contributed by atoms with E-state index < -0.39 is 10.0 Å². The van der Waals surface area contributed by atoms with Crippen LogP contribution in [0.25, 0.3) is 12.2 Å². The zero-order chi connectivity index (χ0) is 22.8. The SMILES string of the molecule is CC(=O)Nc1c(C)noc1/C=C\c1ccc(C)c(S(=O)(=O)Nc2c(C)cccc2C)c1. The third-order valence-corrected chi connectivity index (χ3v) is 6.33. The van der Waals surface area contributed by atoms with Gasteiger partial charge in [-0.3, -0.25) is 9.52 Å². The Kier molecular flexibility index (Phi) is 6.31. The van der Waals surface area contributed by atoms with Crippen LogP contribution in [0.3, 0.4) is 0 Å². The molecule has 0 atom stereocenters. The highest BCUT2D eigenvalue weighted by molar-refractivity contribution is 7.92. The Labute approximate surface area is 182 Å². The number of carbonyl (C=O) groups excluding carboxylic acids is 1. The minimum Gasteiger partial charge on any atom is -0.354 e. The maximum absolute atomic E-state index is 13.1. The van der Waals surface area contributed by atoms with Gasteiger partial charge in [-0.15, -0.1) is 0 Å². The fourth-order valence-electron chi connectivity index (χ4n) is 3.18. The molecule has 7 nitrogen and oxygen atoms in total. The van der Waals surface area contributed by atoms with Crippen molar-refractivity contribution in [3.8, 4) is 0 Å². The maximum atomic E-state index is 13.1. The minimum absolute atomic E-state index is 0.188. The molecule has 0 radical (unpaired) electrons. The summed E-state index contributed by atoms with van der Waals surface area (Å²) in [6.45, 7) is 8.61. The van der Waals surface area contributed by atoms with Gasteiger partial charge in [-0.25, -0.2) is 8.42 Å². The van der Waals surface area contributed by atoms with Crippen LogP contribution in [0, 0.1) is 27.7 Å². The highest BCUT2D eigenvalue weighted by Crippen LogP contribution is 2.27. The van der Waals surface area contributed by atoms with Gasteiger partial charge < -0.3 is 9.84 Å². The van der Waals surface area contributed by atoms with Gasteiger partial charge in [0.25, 0.3) is 10.0 Å². The largest absolute Gasteiger partial charge is 0.354 e. The Balaban J connectivity index is 1.94. The van der Waals surface area contributed by atoms with Crippen LogP contribution in [-0.2, 0) is 14.8 Å². The van der Waals surface area contributed by atoms with Crippen molar-refractivity contribution in [2.45, 2.75) is 39.5 Å². The molecule has 1 aromatic heterocycles. The molecule has 1 amide bonds. The summed E-state index contributed by atoms with van der Waals surface area (Å²) in [5.41, 5.74) is 4.62. The molecule has 0 saturated carbocycles. The molecule has 31 heavy (non-hydrogen) atoms. The number of hydrogen-bond acceptors (Lipinski definition) is 5. The van der Waals surface area contributed by atoms with E-state index in [1.54, 1.807) is 38.1 Å². The highest BCUT2D eigenvalue weighted by Gasteiger charge is 2.19. The fourth-order valence-corrected chi connectivity index (χ4v) is 4.66. The van der Waals surface area contributed by atoms with Gasteiger partial charge in [0, 0.05) is 6.92 Å². The number of nitrogens with one attached hydrogen (secondary N) is 2. The van der Waals surface area contributed by atoms with E-state index >= 15 is 0 Å². The zero-order valence-corrected chi connectivity index (χ0v) is 18.9. The van der Waals surface area contributed by atoms with Crippen LogP contribution in [-0.4, -0.2) is 19.5 Å². The number of benzene rings is 2. The fraction of sp³-hybridized carbons (Fsp3) is 0.217. The van der Waals surface area contributed by atoms with Crippen molar-refractivity contribution in [2.75, 3.05) is 10.0 Å². The van der Waals surface area contributed by atoms with E-state index in [0.29, 0.717) is 34.0 Å². The van der Waals surface area contributed by atoms with Crippen molar-refractivity contribution in [2.24, 2.45) is 0 Å². The highest BCUT2D eigenvalue weighted by atomic mass is 32.2. The van der Waals surface area contributed by atoms with Gasteiger partial charge in [0.15, 0.2) is 5.76 Å². The lowest BCUT2D eigenvalue weighted by molar-refractivity contribution is -0.114. The van der Waals surface area contributed by atoms with Gasteiger partial charge in [-0.1, -0.05) is 41.6 Å². The third kappa shape index (κ3) is 5.03. The summed E-state index contributed by atoms with van der Waals surface area (Å²) in [6, 6.07) is 10.8. The number of carbonyl (C=O) groups is 1. The van der Waals surface area contributed by atoms with Gasteiger partial charge >= 0.3 is 0 Å². The number of nitrogens with zero attached hydrogens (tertiary/aromatic N) is 1. The molecule has 0 saturated heterocycles. The lowest BCUT2D eigenvalue weighted by Crippen LogP contribution is -2.16. The molecule has 3 rings (SSSR count). The number of rotatable bonds is 6. The monoisotopic (exact) mass is 439 g/mol. The van der Waals surface area contributed by atoms with E-state index in [2.05, 4.69) is 15.2 Å². The lowest BCUT2D eigenvalue weighted by Gasteiger charge is -2.15. The van der Waals surface area contributed by atoms with Crippen molar-refractivity contribution in [3.05, 3.63) is 70.1 Å². The topological polar surface area (TPSA) is 101 Å². The van der Waals surface area contributed by atoms with Gasteiger partial charge in [-0.05, 0) is 62.1 Å². The van der Waals surface area contributed by atoms with Gasteiger partial charge in [0.2, 0.25) is 5.91 Å². The summed E-state index contributed by atoms with van der Waals surface area (Å²) >= 11 is 0. The van der Waals surface area contributed by atoms with Crippen molar-refractivity contribution in [1.29, 1.82) is 0 Å². The molecule has 0 spiro atoms. The van der Waals surface area contributed by atoms with E-state index in [1.165, 1.54) is 6.92 Å². The quantitative estimate of drug-likeness (QED) is 0.572. The van der Waals surface area contributed by atoms with Crippen molar-refractivity contribution < 1.29 is 17.7 Å². The van der Waals surface area contributed by atoms with E-state index in [0.717, 1.165) is 11.1 Å². The Morgan fingerprint density at radius 2 is 1.65 bits per heavy atom. The van der Waals surface area contributed by atoms with Gasteiger partial charge in [-0.2, -0.15) is 0 Å². The zero-order valence-electron chi connectivity index (χ0n) is 18.1. The molecule has 0 bridgehead atoms. The standard InChI is InChI=1S/C23H25N3O4S/c1-14-9-10-19(11-12-20-23(24-18(5)27)17(4)25-30-20)13-21(14)31(28,29)26-22-15(2)7-6-8-16(22)3/h6-13,26H,1-5H3,(H,24,27)/b12-11-. The lowest BCUT2D eigenvalue weighted by atomic mass is 10.1. The van der Waals surface area contributed by atoms with Crippen LogP contribution in [0.2, 0.25) is 0 Å². The van der Waals surface area contributed by atoms with Crippen molar-refractivity contribution >= 4 is 39.5 Å². The normalized spacial score (nSPS) is 11.6. The number of para-hydroxylation sites is 1. The van der Waals surface area contributed by atoms with Gasteiger partial charge in [0.05, 0.1) is 10.6 Å². The molecule has 2 aromatic carbocycles. The average Bonchev–Trinajstić information content (AvgIpc) is 3.03. The van der Waals surface area contributed by atoms with Crippen LogP contribution < -0.4 is 10.0 Å². The van der Waals surface area contributed by atoms with Crippen LogP contribution in [0.15, 0.2) is 45.8 Å². The minimum atomic E-state index is -3.79. The first-order valence-corrected chi connectivity index (χ1v) is 11.2. The van der Waals surface area contributed by atoms with Crippen LogP contribution in [0.4, 0.5) is 11.4 Å². The number of sulfonamides is 1. The molecule has 0 aliphatic rings. The number of aromatic nitrogens is 1. The number of hydrogen-bond donors (Lipinski definition) is 2. The molecule has 3 aromatic rings. The molecule has 0 aliphatic carbocycles. The third-order valence-electron chi connectivity index (χ3n) is 4.84. The average molecular weight is 440 g/mol. The Morgan fingerprint density at radius 1 is 0.968 bits per heavy atom.